The SMILES string of the molecule is CCOc1ccccc1OCCc1csc(N)n1. The molecule has 1 heterocycles. The number of para-hydroxylation sites is 2. The van der Waals surface area contributed by atoms with Crippen LogP contribution >= 0.6 is 11.3 Å². The van der Waals surface area contributed by atoms with Gasteiger partial charge in [-0.25, -0.2) is 4.98 Å². The third-order valence-electron chi connectivity index (χ3n) is 2.33. The van der Waals surface area contributed by atoms with Crippen LogP contribution in [0, 0.1) is 0 Å². The molecule has 2 aromatic rings. The molecule has 5 heteroatoms. The average molecular weight is 264 g/mol. The molecule has 0 bridgehead atoms. The highest BCUT2D eigenvalue weighted by atomic mass is 32.1. The highest BCUT2D eigenvalue weighted by Gasteiger charge is 2.04. The van der Waals surface area contributed by atoms with Crippen LogP contribution in [0.2, 0.25) is 0 Å². The van der Waals surface area contributed by atoms with Gasteiger partial charge in [-0.2, -0.15) is 0 Å². The molecule has 2 rings (SSSR count). The molecule has 2 N–H and O–H groups in total. The normalized spacial score (nSPS) is 10.3. The molecule has 18 heavy (non-hydrogen) atoms. The van der Waals surface area contributed by atoms with Crippen LogP contribution in [0.15, 0.2) is 29.6 Å². The highest BCUT2D eigenvalue weighted by Crippen LogP contribution is 2.26. The van der Waals surface area contributed by atoms with Crippen molar-refractivity contribution in [1.82, 2.24) is 4.98 Å². The van der Waals surface area contributed by atoms with Crippen molar-refractivity contribution < 1.29 is 9.47 Å². The molecular weight excluding hydrogens is 248 g/mol. The molecule has 0 amide bonds. The molecule has 0 aliphatic carbocycles. The lowest BCUT2D eigenvalue weighted by Crippen LogP contribution is -2.03. The lowest BCUT2D eigenvalue weighted by molar-refractivity contribution is 0.278. The number of benzene rings is 1. The highest BCUT2D eigenvalue weighted by molar-refractivity contribution is 7.13. The third kappa shape index (κ3) is 3.37. The number of nitrogens with zero attached hydrogens (tertiary/aromatic N) is 1. The molecule has 0 spiro atoms. The Balaban J connectivity index is 1.89. The van der Waals surface area contributed by atoms with E-state index in [1.54, 1.807) is 0 Å². The fourth-order valence-electron chi connectivity index (χ4n) is 1.55. The minimum atomic E-state index is 0.563. The first-order valence-electron chi connectivity index (χ1n) is 5.84. The molecule has 0 unspecified atom stereocenters. The van der Waals surface area contributed by atoms with E-state index in [0.717, 1.165) is 23.6 Å². The molecule has 1 aromatic carbocycles. The van der Waals surface area contributed by atoms with Crippen LogP contribution in [0.1, 0.15) is 12.6 Å². The maximum Gasteiger partial charge on any atom is 0.180 e. The molecule has 0 aliphatic rings. The van der Waals surface area contributed by atoms with Gasteiger partial charge in [-0.15, -0.1) is 11.3 Å². The van der Waals surface area contributed by atoms with Crippen molar-refractivity contribution in [2.24, 2.45) is 0 Å². The van der Waals surface area contributed by atoms with E-state index in [0.29, 0.717) is 18.3 Å². The van der Waals surface area contributed by atoms with E-state index in [-0.39, 0.29) is 0 Å². The molecule has 0 fully saturated rings. The Morgan fingerprint density at radius 3 is 2.56 bits per heavy atom. The number of rotatable bonds is 6. The zero-order valence-electron chi connectivity index (χ0n) is 10.3. The summed E-state index contributed by atoms with van der Waals surface area (Å²) in [5.74, 6) is 1.54. The van der Waals surface area contributed by atoms with Crippen LogP contribution in [-0.2, 0) is 6.42 Å². The summed E-state index contributed by atoms with van der Waals surface area (Å²) in [6.07, 6.45) is 0.744. The molecule has 0 saturated heterocycles. The summed E-state index contributed by atoms with van der Waals surface area (Å²) >= 11 is 1.45. The summed E-state index contributed by atoms with van der Waals surface area (Å²) in [5.41, 5.74) is 6.54. The van der Waals surface area contributed by atoms with Crippen molar-refractivity contribution in [2.45, 2.75) is 13.3 Å². The second kappa shape index (κ2) is 6.26. The number of aromatic nitrogens is 1. The predicted molar refractivity (Wildman–Crippen MR) is 73.3 cm³/mol. The summed E-state index contributed by atoms with van der Waals surface area (Å²) in [4.78, 5) is 4.19. The summed E-state index contributed by atoms with van der Waals surface area (Å²) in [7, 11) is 0. The molecule has 96 valence electrons. The standard InChI is InChI=1S/C13H16N2O2S/c1-2-16-11-5-3-4-6-12(11)17-8-7-10-9-18-13(14)15-10/h3-6,9H,2,7-8H2,1H3,(H2,14,15). The zero-order valence-corrected chi connectivity index (χ0v) is 11.1. The lowest BCUT2D eigenvalue weighted by Gasteiger charge is -2.10. The van der Waals surface area contributed by atoms with E-state index in [1.165, 1.54) is 11.3 Å². The number of thiazole rings is 1. The van der Waals surface area contributed by atoms with Crippen LogP contribution < -0.4 is 15.2 Å². The first kappa shape index (κ1) is 12.7. The van der Waals surface area contributed by atoms with Gasteiger partial charge in [-0.3, -0.25) is 0 Å². The van der Waals surface area contributed by atoms with Gasteiger partial charge in [-0.1, -0.05) is 12.1 Å². The van der Waals surface area contributed by atoms with E-state index >= 15 is 0 Å². The van der Waals surface area contributed by atoms with Crippen LogP contribution in [0.4, 0.5) is 5.13 Å². The number of nitrogen functional groups attached to an aromatic ring is 1. The number of hydrogen-bond acceptors (Lipinski definition) is 5. The predicted octanol–water partition coefficient (Wildman–Crippen LogP) is 2.75. The number of hydrogen-bond donors (Lipinski definition) is 1. The van der Waals surface area contributed by atoms with Gasteiger partial charge in [0.15, 0.2) is 16.6 Å². The van der Waals surface area contributed by atoms with Gasteiger partial charge in [-0.05, 0) is 19.1 Å². The Bertz CT molecular complexity index is 499. The Hall–Kier alpha value is -1.75. The molecule has 0 aliphatic heterocycles. The van der Waals surface area contributed by atoms with Crippen LogP contribution in [0.5, 0.6) is 11.5 Å². The monoisotopic (exact) mass is 264 g/mol. The minimum absolute atomic E-state index is 0.563. The smallest absolute Gasteiger partial charge is 0.180 e. The van der Waals surface area contributed by atoms with Gasteiger partial charge in [0.05, 0.1) is 18.9 Å². The summed E-state index contributed by atoms with van der Waals surface area (Å²) in [6, 6.07) is 7.66. The Morgan fingerprint density at radius 2 is 1.94 bits per heavy atom. The summed E-state index contributed by atoms with van der Waals surface area (Å²) in [5, 5.41) is 2.55. The second-order valence-corrected chi connectivity index (χ2v) is 4.54. The quantitative estimate of drug-likeness (QED) is 0.871. The molecule has 1 aromatic heterocycles. The summed E-state index contributed by atoms with van der Waals surface area (Å²) in [6.45, 7) is 3.14. The van der Waals surface area contributed by atoms with Crippen LogP contribution in [0.25, 0.3) is 0 Å². The Morgan fingerprint density at radius 1 is 1.22 bits per heavy atom. The average Bonchev–Trinajstić information content (AvgIpc) is 2.78. The molecular formula is C13H16N2O2S. The van der Waals surface area contributed by atoms with Crippen molar-refractivity contribution >= 4 is 16.5 Å². The topological polar surface area (TPSA) is 57.4 Å². The van der Waals surface area contributed by atoms with Crippen LogP contribution in [0.3, 0.4) is 0 Å². The first-order chi connectivity index (χ1) is 8.79. The van der Waals surface area contributed by atoms with E-state index in [1.807, 2.05) is 36.6 Å². The van der Waals surface area contributed by atoms with Gasteiger partial charge in [0.1, 0.15) is 0 Å². The number of nitrogens with two attached hydrogens (primary N) is 1. The van der Waals surface area contributed by atoms with Gasteiger partial charge >= 0.3 is 0 Å². The fourth-order valence-corrected chi connectivity index (χ4v) is 2.14. The second-order valence-electron chi connectivity index (χ2n) is 3.66. The van der Waals surface area contributed by atoms with Crippen molar-refractivity contribution in [2.75, 3.05) is 18.9 Å². The third-order valence-corrected chi connectivity index (χ3v) is 3.06. The molecule has 0 radical (unpaired) electrons. The van der Waals surface area contributed by atoms with Gasteiger partial charge in [0.2, 0.25) is 0 Å². The fraction of sp³-hybridized carbons (Fsp3) is 0.308. The van der Waals surface area contributed by atoms with Crippen LogP contribution in [-0.4, -0.2) is 18.2 Å². The van der Waals surface area contributed by atoms with Gasteiger partial charge < -0.3 is 15.2 Å². The number of ether oxygens (including phenoxy) is 2. The molecule has 4 nitrogen and oxygen atoms in total. The molecule has 0 saturated carbocycles. The van der Waals surface area contributed by atoms with E-state index in [4.69, 9.17) is 15.2 Å². The Labute approximate surface area is 110 Å². The van der Waals surface area contributed by atoms with E-state index in [2.05, 4.69) is 4.98 Å². The van der Waals surface area contributed by atoms with E-state index < -0.39 is 0 Å². The zero-order chi connectivity index (χ0) is 12.8. The Kier molecular flexibility index (Phi) is 4.41. The summed E-state index contributed by atoms with van der Waals surface area (Å²) < 4.78 is 11.2. The first-order valence-corrected chi connectivity index (χ1v) is 6.72. The lowest BCUT2D eigenvalue weighted by atomic mass is 10.3. The molecule has 0 atom stereocenters. The largest absolute Gasteiger partial charge is 0.490 e. The van der Waals surface area contributed by atoms with E-state index in [9.17, 15) is 0 Å². The van der Waals surface area contributed by atoms with Crippen molar-refractivity contribution in [3.63, 3.8) is 0 Å². The number of anilines is 1. The van der Waals surface area contributed by atoms with Crippen molar-refractivity contribution in [3.8, 4) is 11.5 Å². The van der Waals surface area contributed by atoms with Crippen molar-refractivity contribution in [1.29, 1.82) is 0 Å². The maximum atomic E-state index is 5.70. The van der Waals surface area contributed by atoms with Gasteiger partial charge in [0.25, 0.3) is 0 Å². The maximum absolute atomic E-state index is 5.70. The van der Waals surface area contributed by atoms with Gasteiger partial charge in [0, 0.05) is 11.8 Å². The van der Waals surface area contributed by atoms with Crippen molar-refractivity contribution in [3.05, 3.63) is 35.3 Å². The minimum Gasteiger partial charge on any atom is -0.490 e.